The van der Waals surface area contributed by atoms with Gasteiger partial charge >= 0.3 is 0 Å². The lowest BCUT2D eigenvalue weighted by Gasteiger charge is -2.22. The second-order valence-electron chi connectivity index (χ2n) is 6.09. The Labute approximate surface area is 137 Å². The van der Waals surface area contributed by atoms with Crippen LogP contribution in [0.1, 0.15) is 31.9 Å². The molecule has 0 saturated heterocycles. The van der Waals surface area contributed by atoms with Crippen molar-refractivity contribution in [2.45, 2.75) is 39.8 Å². The molecule has 1 aliphatic heterocycles. The van der Waals surface area contributed by atoms with E-state index in [0.717, 1.165) is 22.8 Å². The van der Waals surface area contributed by atoms with Crippen LogP contribution in [0.4, 0.5) is 4.39 Å². The summed E-state index contributed by atoms with van der Waals surface area (Å²) in [7, 11) is 1.74. The van der Waals surface area contributed by atoms with Gasteiger partial charge in [-0.2, -0.15) is 0 Å². The lowest BCUT2D eigenvalue weighted by molar-refractivity contribution is -0.0172. The van der Waals surface area contributed by atoms with Crippen LogP contribution in [0, 0.1) is 11.7 Å². The van der Waals surface area contributed by atoms with Gasteiger partial charge in [0, 0.05) is 25.2 Å². The molecule has 0 aliphatic carbocycles. The van der Waals surface area contributed by atoms with Gasteiger partial charge in [-0.3, -0.25) is 4.99 Å². The number of hydrogen-bond acceptors (Lipinski definition) is 3. The summed E-state index contributed by atoms with van der Waals surface area (Å²) in [5.41, 5.74) is 1.62. The monoisotopic (exact) mass is 323 g/mol. The van der Waals surface area contributed by atoms with Crippen molar-refractivity contribution in [3.05, 3.63) is 29.1 Å². The van der Waals surface area contributed by atoms with Crippen LogP contribution in [0.5, 0.6) is 5.75 Å². The van der Waals surface area contributed by atoms with E-state index in [1.54, 1.807) is 7.05 Å². The summed E-state index contributed by atoms with van der Waals surface area (Å²) in [5, 5.41) is 6.60. The molecule has 0 aromatic heterocycles. The molecular weight excluding hydrogens is 297 g/mol. The van der Waals surface area contributed by atoms with Crippen molar-refractivity contribution in [3.8, 4) is 5.75 Å². The molecule has 1 aliphatic rings. The minimum Gasteiger partial charge on any atom is -0.467 e. The van der Waals surface area contributed by atoms with Gasteiger partial charge in [0.1, 0.15) is 11.6 Å². The third-order valence-electron chi connectivity index (χ3n) is 4.03. The number of fused-ring (bicyclic) bond motifs is 1. The van der Waals surface area contributed by atoms with E-state index in [1.807, 2.05) is 0 Å². The fourth-order valence-electron chi connectivity index (χ4n) is 2.33. The van der Waals surface area contributed by atoms with E-state index in [2.05, 4.69) is 36.4 Å². The molecule has 2 N–H and O–H groups in total. The Morgan fingerprint density at radius 2 is 2.13 bits per heavy atom. The standard InChI is InChI=1S/C17H26FN3O2/c1-11(2)12(3)21-17(19-4)20-6-5-13-7-15(18)8-14-9-22-10-23-16(13)14/h7-8,11-12H,5-6,9-10H2,1-4H3,(H2,19,20,21). The van der Waals surface area contributed by atoms with E-state index >= 15 is 0 Å². The van der Waals surface area contributed by atoms with Crippen molar-refractivity contribution < 1.29 is 13.9 Å². The Balaban J connectivity index is 1.94. The molecule has 6 heteroatoms. The van der Waals surface area contributed by atoms with E-state index < -0.39 is 0 Å². The smallest absolute Gasteiger partial charge is 0.191 e. The summed E-state index contributed by atoms with van der Waals surface area (Å²) in [5.74, 6) is 1.75. The van der Waals surface area contributed by atoms with E-state index in [4.69, 9.17) is 9.47 Å². The molecular formula is C17H26FN3O2. The highest BCUT2D eigenvalue weighted by atomic mass is 19.1. The highest BCUT2D eigenvalue weighted by Gasteiger charge is 2.17. The molecule has 128 valence electrons. The Kier molecular flexibility index (Phi) is 6.21. The molecule has 0 fully saturated rings. The third-order valence-corrected chi connectivity index (χ3v) is 4.03. The third kappa shape index (κ3) is 4.82. The van der Waals surface area contributed by atoms with Crippen LogP contribution in [0.25, 0.3) is 0 Å². The lowest BCUT2D eigenvalue weighted by Crippen LogP contribution is -2.44. The summed E-state index contributed by atoms with van der Waals surface area (Å²) < 4.78 is 24.4. The molecule has 0 spiro atoms. The van der Waals surface area contributed by atoms with Crippen LogP contribution < -0.4 is 15.4 Å². The zero-order valence-corrected chi connectivity index (χ0v) is 14.3. The lowest BCUT2D eigenvalue weighted by atomic mass is 10.1. The van der Waals surface area contributed by atoms with E-state index in [0.29, 0.717) is 31.5 Å². The van der Waals surface area contributed by atoms with E-state index in [-0.39, 0.29) is 12.6 Å². The first kappa shape index (κ1) is 17.5. The summed E-state index contributed by atoms with van der Waals surface area (Å²) in [4.78, 5) is 4.22. The van der Waals surface area contributed by atoms with Gasteiger partial charge in [0.15, 0.2) is 12.8 Å². The zero-order valence-electron chi connectivity index (χ0n) is 14.3. The van der Waals surface area contributed by atoms with Crippen LogP contribution in [0.15, 0.2) is 17.1 Å². The van der Waals surface area contributed by atoms with Gasteiger partial charge in [-0.1, -0.05) is 13.8 Å². The fraction of sp³-hybridized carbons (Fsp3) is 0.588. The summed E-state index contributed by atoms with van der Waals surface area (Å²) in [6, 6.07) is 3.32. The first-order valence-electron chi connectivity index (χ1n) is 8.00. The largest absolute Gasteiger partial charge is 0.467 e. The van der Waals surface area contributed by atoms with Gasteiger partial charge in [0.2, 0.25) is 0 Å². The van der Waals surface area contributed by atoms with Crippen molar-refractivity contribution in [2.24, 2.45) is 10.9 Å². The predicted molar refractivity (Wildman–Crippen MR) is 89.2 cm³/mol. The average molecular weight is 323 g/mol. The second kappa shape index (κ2) is 8.15. The predicted octanol–water partition coefficient (Wildman–Crippen LogP) is 2.44. The van der Waals surface area contributed by atoms with Crippen LogP contribution >= 0.6 is 0 Å². The number of hydrogen-bond donors (Lipinski definition) is 2. The average Bonchev–Trinajstić information content (AvgIpc) is 2.53. The van der Waals surface area contributed by atoms with E-state index in [1.165, 1.54) is 12.1 Å². The van der Waals surface area contributed by atoms with Crippen LogP contribution in [-0.4, -0.2) is 32.4 Å². The number of ether oxygens (including phenoxy) is 2. The molecule has 23 heavy (non-hydrogen) atoms. The Morgan fingerprint density at radius 1 is 1.35 bits per heavy atom. The fourth-order valence-corrected chi connectivity index (χ4v) is 2.33. The molecule has 1 unspecified atom stereocenters. The molecule has 1 heterocycles. The van der Waals surface area contributed by atoms with Crippen LogP contribution in [-0.2, 0) is 17.8 Å². The Hall–Kier alpha value is -1.82. The van der Waals surface area contributed by atoms with E-state index in [9.17, 15) is 4.39 Å². The summed E-state index contributed by atoms with van der Waals surface area (Å²) >= 11 is 0. The van der Waals surface area contributed by atoms with Gasteiger partial charge in [0.05, 0.1) is 6.61 Å². The molecule has 0 saturated carbocycles. The Bertz CT molecular complexity index is 561. The van der Waals surface area contributed by atoms with Gasteiger partial charge in [-0.25, -0.2) is 4.39 Å². The number of rotatable bonds is 5. The van der Waals surface area contributed by atoms with Gasteiger partial charge < -0.3 is 20.1 Å². The first-order chi connectivity index (χ1) is 11.0. The maximum atomic E-state index is 13.7. The minimum absolute atomic E-state index is 0.216. The SMILES string of the molecule is CN=C(NCCc1cc(F)cc2c1OCOC2)NC(C)C(C)C. The van der Waals surface area contributed by atoms with Crippen LogP contribution in [0.3, 0.4) is 0 Å². The number of nitrogens with zero attached hydrogens (tertiary/aromatic N) is 1. The van der Waals surface area contributed by atoms with Gasteiger partial charge in [0.25, 0.3) is 0 Å². The maximum absolute atomic E-state index is 13.7. The number of nitrogens with one attached hydrogen (secondary N) is 2. The number of halogens is 1. The van der Waals surface area contributed by atoms with Gasteiger partial charge in [-0.15, -0.1) is 0 Å². The minimum atomic E-state index is -0.260. The van der Waals surface area contributed by atoms with Crippen molar-refractivity contribution in [3.63, 3.8) is 0 Å². The number of aliphatic imine (C=N–C) groups is 1. The van der Waals surface area contributed by atoms with Crippen molar-refractivity contribution in [1.82, 2.24) is 10.6 Å². The highest BCUT2D eigenvalue weighted by molar-refractivity contribution is 5.79. The van der Waals surface area contributed by atoms with Crippen LogP contribution in [0.2, 0.25) is 0 Å². The summed E-state index contributed by atoms with van der Waals surface area (Å²) in [6.07, 6.45) is 0.650. The van der Waals surface area contributed by atoms with Crippen molar-refractivity contribution in [1.29, 1.82) is 0 Å². The topological polar surface area (TPSA) is 54.9 Å². The first-order valence-corrected chi connectivity index (χ1v) is 8.00. The second-order valence-corrected chi connectivity index (χ2v) is 6.09. The maximum Gasteiger partial charge on any atom is 0.191 e. The molecule has 2 rings (SSSR count). The molecule has 1 aromatic carbocycles. The van der Waals surface area contributed by atoms with Crippen molar-refractivity contribution >= 4 is 5.96 Å². The number of benzene rings is 1. The number of guanidine groups is 1. The van der Waals surface area contributed by atoms with Gasteiger partial charge in [-0.05, 0) is 37.0 Å². The molecule has 0 amide bonds. The molecule has 0 radical (unpaired) electrons. The molecule has 1 aromatic rings. The normalized spacial score (nSPS) is 15.8. The molecule has 0 bridgehead atoms. The summed E-state index contributed by atoms with van der Waals surface area (Å²) in [6.45, 7) is 7.68. The molecule has 1 atom stereocenters. The molecule has 5 nitrogen and oxygen atoms in total. The zero-order chi connectivity index (χ0) is 16.8. The van der Waals surface area contributed by atoms with Crippen molar-refractivity contribution in [2.75, 3.05) is 20.4 Å². The highest BCUT2D eigenvalue weighted by Crippen LogP contribution is 2.29. The quantitative estimate of drug-likeness (QED) is 0.645. The Morgan fingerprint density at radius 3 is 2.83 bits per heavy atom.